The van der Waals surface area contributed by atoms with Crippen LogP contribution in [0.3, 0.4) is 0 Å². The van der Waals surface area contributed by atoms with Gasteiger partial charge in [0, 0.05) is 23.7 Å². The summed E-state index contributed by atoms with van der Waals surface area (Å²) in [7, 11) is 0. The maximum Gasteiger partial charge on any atom is 0.262 e. The SMILES string of the molecule is Cl.O=C(NC1CC2CCC(C1)N2)c1sccc1-c1ccccc1. The zero-order valence-corrected chi connectivity index (χ0v) is 14.5. The standard InChI is InChI=1S/C18H20N2OS.ClH/c21-18(20-15-10-13-6-7-14(11-15)19-13)17-16(8-9-22-17)12-4-2-1-3-5-12;/h1-5,8-9,13-15,19H,6-7,10-11H2,(H,20,21);1H. The van der Waals surface area contributed by atoms with Gasteiger partial charge in [-0.2, -0.15) is 0 Å². The molecule has 2 aromatic rings. The fourth-order valence-corrected chi connectivity index (χ4v) is 4.58. The van der Waals surface area contributed by atoms with Crippen LogP contribution in [0.2, 0.25) is 0 Å². The molecule has 1 amide bonds. The second kappa shape index (κ2) is 7.04. The van der Waals surface area contributed by atoms with Crippen molar-refractivity contribution in [2.24, 2.45) is 0 Å². The Labute approximate surface area is 146 Å². The van der Waals surface area contributed by atoms with Gasteiger partial charge >= 0.3 is 0 Å². The number of amides is 1. The molecule has 0 radical (unpaired) electrons. The minimum atomic E-state index is 0. The Morgan fingerprint density at radius 3 is 2.48 bits per heavy atom. The van der Waals surface area contributed by atoms with Crippen LogP contribution in [-0.4, -0.2) is 24.0 Å². The molecule has 0 spiro atoms. The molecule has 3 heterocycles. The first-order chi connectivity index (χ1) is 10.8. The van der Waals surface area contributed by atoms with Crippen LogP contribution in [0.4, 0.5) is 0 Å². The van der Waals surface area contributed by atoms with Gasteiger partial charge in [0.25, 0.3) is 5.91 Å². The van der Waals surface area contributed by atoms with E-state index in [1.807, 2.05) is 29.6 Å². The van der Waals surface area contributed by atoms with Crippen molar-refractivity contribution in [1.29, 1.82) is 0 Å². The zero-order valence-electron chi connectivity index (χ0n) is 12.8. The second-order valence-corrected chi connectivity index (χ2v) is 7.23. The highest BCUT2D eigenvalue weighted by molar-refractivity contribution is 7.12. The summed E-state index contributed by atoms with van der Waals surface area (Å²) in [6, 6.07) is 13.7. The summed E-state index contributed by atoms with van der Waals surface area (Å²) in [5.74, 6) is 0.0835. The fraction of sp³-hybridized carbons (Fsp3) is 0.389. The molecule has 0 aliphatic carbocycles. The molecule has 0 saturated carbocycles. The summed E-state index contributed by atoms with van der Waals surface area (Å²) < 4.78 is 0. The van der Waals surface area contributed by atoms with E-state index >= 15 is 0 Å². The predicted octanol–water partition coefficient (Wildman–Crippen LogP) is 3.85. The van der Waals surface area contributed by atoms with E-state index in [0.29, 0.717) is 18.1 Å². The topological polar surface area (TPSA) is 41.1 Å². The first-order valence-electron chi connectivity index (χ1n) is 7.99. The van der Waals surface area contributed by atoms with Crippen molar-refractivity contribution >= 4 is 29.7 Å². The third kappa shape index (κ3) is 3.44. The van der Waals surface area contributed by atoms with Crippen molar-refractivity contribution in [3.05, 3.63) is 46.7 Å². The van der Waals surface area contributed by atoms with Crippen molar-refractivity contribution in [2.45, 2.75) is 43.8 Å². The average Bonchev–Trinajstić information content (AvgIpc) is 3.15. The van der Waals surface area contributed by atoms with Crippen LogP contribution < -0.4 is 10.6 Å². The number of nitrogens with one attached hydrogen (secondary N) is 2. The van der Waals surface area contributed by atoms with Crippen molar-refractivity contribution in [2.75, 3.05) is 0 Å². The number of thiophene rings is 1. The van der Waals surface area contributed by atoms with Crippen LogP contribution in [0.25, 0.3) is 11.1 Å². The molecule has 2 fully saturated rings. The van der Waals surface area contributed by atoms with E-state index in [9.17, 15) is 4.79 Å². The second-order valence-electron chi connectivity index (χ2n) is 6.31. The quantitative estimate of drug-likeness (QED) is 0.884. The molecule has 2 aliphatic heterocycles. The highest BCUT2D eigenvalue weighted by Gasteiger charge is 2.34. The van der Waals surface area contributed by atoms with E-state index in [1.54, 1.807) is 0 Å². The zero-order chi connectivity index (χ0) is 14.9. The van der Waals surface area contributed by atoms with Gasteiger partial charge in [-0.3, -0.25) is 4.79 Å². The first kappa shape index (κ1) is 16.5. The van der Waals surface area contributed by atoms with Gasteiger partial charge < -0.3 is 10.6 Å². The number of carbonyl (C=O) groups is 1. The van der Waals surface area contributed by atoms with Gasteiger partial charge in [0.1, 0.15) is 0 Å². The van der Waals surface area contributed by atoms with Gasteiger partial charge in [0.15, 0.2) is 0 Å². The molecule has 2 unspecified atom stereocenters. The van der Waals surface area contributed by atoms with E-state index in [-0.39, 0.29) is 18.3 Å². The number of hydrogen-bond acceptors (Lipinski definition) is 3. The number of piperidine rings is 1. The summed E-state index contributed by atoms with van der Waals surface area (Å²) in [5.41, 5.74) is 2.15. The molecule has 23 heavy (non-hydrogen) atoms. The van der Waals surface area contributed by atoms with Gasteiger partial charge in [0.05, 0.1) is 4.88 Å². The van der Waals surface area contributed by atoms with Gasteiger partial charge in [-0.15, -0.1) is 23.7 Å². The monoisotopic (exact) mass is 348 g/mol. The maximum atomic E-state index is 12.7. The Bertz CT molecular complexity index is 661. The Kier molecular flexibility index (Phi) is 5.05. The van der Waals surface area contributed by atoms with Crippen molar-refractivity contribution in [1.82, 2.24) is 10.6 Å². The van der Waals surface area contributed by atoms with Crippen molar-refractivity contribution in [3.8, 4) is 11.1 Å². The highest BCUT2D eigenvalue weighted by Crippen LogP contribution is 2.30. The molecular formula is C18H21ClN2OS. The molecule has 1 aromatic carbocycles. The molecule has 2 saturated heterocycles. The molecule has 3 nitrogen and oxygen atoms in total. The van der Waals surface area contributed by atoms with Crippen LogP contribution >= 0.6 is 23.7 Å². The molecule has 5 heteroatoms. The van der Waals surface area contributed by atoms with Gasteiger partial charge in [0.2, 0.25) is 0 Å². The number of fused-ring (bicyclic) bond motifs is 2. The van der Waals surface area contributed by atoms with Gasteiger partial charge in [-0.1, -0.05) is 30.3 Å². The maximum absolute atomic E-state index is 12.7. The molecule has 2 atom stereocenters. The third-order valence-electron chi connectivity index (χ3n) is 4.76. The number of hydrogen-bond donors (Lipinski definition) is 2. The number of carbonyl (C=O) groups excluding carboxylic acids is 1. The molecular weight excluding hydrogens is 328 g/mol. The number of halogens is 1. The molecule has 1 aromatic heterocycles. The average molecular weight is 349 g/mol. The van der Waals surface area contributed by atoms with Crippen molar-refractivity contribution in [3.63, 3.8) is 0 Å². The summed E-state index contributed by atoms with van der Waals surface area (Å²) in [6.45, 7) is 0. The lowest BCUT2D eigenvalue weighted by Gasteiger charge is -2.29. The lowest BCUT2D eigenvalue weighted by atomic mass is 9.99. The minimum absolute atomic E-state index is 0. The molecule has 4 rings (SSSR count). The lowest BCUT2D eigenvalue weighted by Crippen LogP contribution is -2.47. The Balaban J connectivity index is 0.00000156. The number of rotatable bonds is 3. The minimum Gasteiger partial charge on any atom is -0.348 e. The predicted molar refractivity (Wildman–Crippen MR) is 97.4 cm³/mol. The summed E-state index contributed by atoms with van der Waals surface area (Å²) in [5, 5.41) is 8.88. The summed E-state index contributed by atoms with van der Waals surface area (Å²) in [4.78, 5) is 13.5. The van der Waals surface area contributed by atoms with E-state index in [1.165, 1.54) is 24.2 Å². The molecule has 2 N–H and O–H groups in total. The molecule has 122 valence electrons. The first-order valence-corrected chi connectivity index (χ1v) is 8.87. The Morgan fingerprint density at radius 1 is 1.09 bits per heavy atom. The van der Waals surface area contributed by atoms with E-state index in [0.717, 1.165) is 28.8 Å². The smallest absolute Gasteiger partial charge is 0.262 e. The van der Waals surface area contributed by atoms with Crippen LogP contribution in [0.1, 0.15) is 35.4 Å². The fourth-order valence-electron chi connectivity index (χ4n) is 3.76. The van der Waals surface area contributed by atoms with Gasteiger partial charge in [-0.25, -0.2) is 0 Å². The Hall–Kier alpha value is -1.36. The molecule has 2 aliphatic rings. The number of benzene rings is 1. The van der Waals surface area contributed by atoms with E-state index < -0.39 is 0 Å². The van der Waals surface area contributed by atoms with E-state index in [2.05, 4.69) is 22.8 Å². The van der Waals surface area contributed by atoms with Crippen LogP contribution in [0, 0.1) is 0 Å². The molecule has 2 bridgehead atoms. The van der Waals surface area contributed by atoms with E-state index in [4.69, 9.17) is 0 Å². The van der Waals surface area contributed by atoms with Crippen LogP contribution in [0.5, 0.6) is 0 Å². The Morgan fingerprint density at radius 2 is 1.78 bits per heavy atom. The summed E-state index contributed by atoms with van der Waals surface area (Å²) >= 11 is 1.53. The van der Waals surface area contributed by atoms with Crippen LogP contribution in [-0.2, 0) is 0 Å². The largest absolute Gasteiger partial charge is 0.348 e. The highest BCUT2D eigenvalue weighted by atomic mass is 35.5. The third-order valence-corrected chi connectivity index (χ3v) is 5.68. The lowest BCUT2D eigenvalue weighted by molar-refractivity contribution is 0.0928. The van der Waals surface area contributed by atoms with Crippen LogP contribution in [0.15, 0.2) is 41.8 Å². The van der Waals surface area contributed by atoms with Gasteiger partial charge in [-0.05, 0) is 42.7 Å². The van der Waals surface area contributed by atoms with Crippen molar-refractivity contribution < 1.29 is 4.79 Å². The normalized spacial score (nSPS) is 25.7. The summed E-state index contributed by atoms with van der Waals surface area (Å²) in [6.07, 6.45) is 4.64.